The second-order valence-electron chi connectivity index (χ2n) is 8.54. The molecule has 40 heavy (non-hydrogen) atoms. The van der Waals surface area contributed by atoms with Gasteiger partial charge in [0, 0.05) is 13.2 Å². The number of rotatable bonds is 11. The number of hydrogen-bond donors (Lipinski definition) is 1. The lowest BCUT2D eigenvalue weighted by Crippen LogP contribution is -2.32. The van der Waals surface area contributed by atoms with Crippen LogP contribution < -0.4 is 24.6 Å². The number of nitrogens with one attached hydrogen (secondary N) is 1. The molecule has 1 aromatic heterocycles. The van der Waals surface area contributed by atoms with E-state index in [-0.39, 0.29) is 36.3 Å². The average Bonchev–Trinajstić information content (AvgIpc) is 3.47. The highest BCUT2D eigenvalue weighted by Gasteiger charge is 2.32. The molecule has 0 saturated carbocycles. The Kier molecular flexibility index (Phi) is 9.22. The van der Waals surface area contributed by atoms with Gasteiger partial charge in [-0.25, -0.2) is 14.4 Å². The number of hydrogen-bond acceptors (Lipinski definition) is 9. The minimum Gasteiger partial charge on any atom is -0.497 e. The SMILES string of the molecule is COCC(NC(=O)c1cc(OCc2ccc(OC)cc2)nc(N2CCCO2)n1)c1ccc(OC(F)(F)F)c(F)c1. The first kappa shape index (κ1) is 28.8. The summed E-state index contributed by atoms with van der Waals surface area (Å²) in [5.74, 6) is -2.04. The maximum atomic E-state index is 14.3. The molecule has 3 aromatic rings. The summed E-state index contributed by atoms with van der Waals surface area (Å²) in [5.41, 5.74) is 0.892. The van der Waals surface area contributed by atoms with E-state index in [1.807, 2.05) is 12.1 Å². The molecule has 0 aliphatic carbocycles. The van der Waals surface area contributed by atoms with Crippen LogP contribution in [0, 0.1) is 5.82 Å². The van der Waals surface area contributed by atoms with Gasteiger partial charge in [-0.3, -0.25) is 9.63 Å². The first-order chi connectivity index (χ1) is 19.1. The number of ether oxygens (including phenoxy) is 4. The lowest BCUT2D eigenvalue weighted by atomic mass is 10.1. The van der Waals surface area contributed by atoms with Crippen LogP contribution in [0.4, 0.5) is 23.5 Å². The average molecular weight is 567 g/mol. The fourth-order valence-corrected chi connectivity index (χ4v) is 3.76. The lowest BCUT2D eigenvalue weighted by molar-refractivity contribution is -0.275. The van der Waals surface area contributed by atoms with Crippen LogP contribution in [0.15, 0.2) is 48.5 Å². The minimum atomic E-state index is -5.06. The molecule has 214 valence electrons. The zero-order chi connectivity index (χ0) is 28.7. The van der Waals surface area contributed by atoms with Gasteiger partial charge in [0.15, 0.2) is 11.6 Å². The standard InChI is InChI=1S/C26H26F4N4O6/c1-36-15-21(17-6-9-22(19(27)12-17)40-26(28,29)30)31-24(35)20-13-23(33-25(32-20)34-10-3-11-39-34)38-14-16-4-7-18(37-2)8-5-16/h4-9,12-13,21H,3,10-11,14-15H2,1-2H3,(H,31,35). The zero-order valence-corrected chi connectivity index (χ0v) is 21.5. The van der Waals surface area contributed by atoms with Crippen molar-refractivity contribution in [3.05, 3.63) is 71.2 Å². The van der Waals surface area contributed by atoms with Crippen molar-refractivity contribution in [2.75, 3.05) is 39.0 Å². The summed E-state index contributed by atoms with van der Waals surface area (Å²) < 4.78 is 71.7. The van der Waals surface area contributed by atoms with E-state index in [1.165, 1.54) is 24.3 Å². The van der Waals surface area contributed by atoms with Crippen molar-refractivity contribution in [2.45, 2.75) is 25.4 Å². The van der Waals surface area contributed by atoms with Gasteiger partial charge in [0.2, 0.25) is 5.88 Å². The van der Waals surface area contributed by atoms with E-state index in [0.717, 1.165) is 24.1 Å². The van der Waals surface area contributed by atoms with Crippen molar-refractivity contribution >= 4 is 11.9 Å². The van der Waals surface area contributed by atoms with Crippen molar-refractivity contribution in [3.8, 4) is 17.4 Å². The van der Waals surface area contributed by atoms with Crippen LogP contribution in [0.2, 0.25) is 0 Å². The van der Waals surface area contributed by atoms with Gasteiger partial charge < -0.3 is 24.3 Å². The maximum Gasteiger partial charge on any atom is 0.573 e. The number of aromatic nitrogens is 2. The van der Waals surface area contributed by atoms with E-state index in [1.54, 1.807) is 19.2 Å². The summed E-state index contributed by atoms with van der Waals surface area (Å²) >= 11 is 0. The number of amides is 1. The highest BCUT2D eigenvalue weighted by Crippen LogP contribution is 2.28. The van der Waals surface area contributed by atoms with Crippen LogP contribution in [0.3, 0.4) is 0 Å². The molecular formula is C26H26F4N4O6. The van der Waals surface area contributed by atoms with Gasteiger partial charge >= 0.3 is 6.36 Å². The van der Waals surface area contributed by atoms with Crippen molar-refractivity contribution < 1.29 is 46.1 Å². The highest BCUT2D eigenvalue weighted by atomic mass is 19.4. The molecule has 1 aliphatic rings. The van der Waals surface area contributed by atoms with Crippen molar-refractivity contribution in [3.63, 3.8) is 0 Å². The number of halogens is 4. The van der Waals surface area contributed by atoms with Gasteiger partial charge in [0.1, 0.15) is 18.1 Å². The third-order valence-corrected chi connectivity index (χ3v) is 5.67. The molecule has 1 unspecified atom stereocenters. The van der Waals surface area contributed by atoms with Crippen LogP contribution in [-0.4, -0.2) is 56.2 Å². The number of anilines is 1. The molecule has 10 nitrogen and oxygen atoms in total. The Hall–Kier alpha value is -4.17. The Bertz CT molecular complexity index is 1300. The summed E-state index contributed by atoms with van der Waals surface area (Å²) in [6.45, 7) is 0.983. The Morgan fingerprint density at radius 1 is 1.12 bits per heavy atom. The molecule has 4 rings (SSSR count). The predicted molar refractivity (Wildman–Crippen MR) is 132 cm³/mol. The van der Waals surface area contributed by atoms with E-state index >= 15 is 0 Å². The summed E-state index contributed by atoms with van der Waals surface area (Å²) in [6, 6.07) is 10.4. The Labute approximate surface area is 226 Å². The summed E-state index contributed by atoms with van der Waals surface area (Å²) in [5, 5.41) is 4.11. The number of methoxy groups -OCH3 is 2. The van der Waals surface area contributed by atoms with E-state index in [0.29, 0.717) is 18.9 Å². The molecule has 1 amide bonds. The maximum absolute atomic E-state index is 14.3. The number of nitrogens with zero attached hydrogens (tertiary/aromatic N) is 3. The van der Waals surface area contributed by atoms with Crippen LogP contribution in [-0.2, 0) is 16.2 Å². The summed E-state index contributed by atoms with van der Waals surface area (Å²) in [6.07, 6.45) is -4.32. The second-order valence-corrected chi connectivity index (χ2v) is 8.54. The second kappa shape index (κ2) is 12.8. The van der Waals surface area contributed by atoms with Crippen LogP contribution >= 0.6 is 0 Å². The van der Waals surface area contributed by atoms with Crippen LogP contribution in [0.5, 0.6) is 17.4 Å². The Morgan fingerprint density at radius 3 is 2.52 bits per heavy atom. The molecule has 14 heteroatoms. The first-order valence-corrected chi connectivity index (χ1v) is 12.1. The molecule has 1 atom stereocenters. The van der Waals surface area contributed by atoms with E-state index in [4.69, 9.17) is 19.0 Å². The quantitative estimate of drug-likeness (QED) is 0.339. The molecule has 0 radical (unpaired) electrons. The molecule has 1 N–H and O–H groups in total. The normalized spacial score (nSPS) is 14.1. The molecule has 2 aromatic carbocycles. The predicted octanol–water partition coefficient (Wildman–Crippen LogP) is 4.36. The smallest absolute Gasteiger partial charge is 0.497 e. The van der Waals surface area contributed by atoms with Gasteiger partial charge in [0.25, 0.3) is 11.9 Å². The lowest BCUT2D eigenvalue weighted by Gasteiger charge is -2.20. The molecule has 0 spiro atoms. The van der Waals surface area contributed by atoms with E-state index < -0.39 is 29.9 Å². The van der Waals surface area contributed by atoms with E-state index in [2.05, 4.69) is 20.0 Å². The topological polar surface area (TPSA) is 104 Å². The zero-order valence-electron chi connectivity index (χ0n) is 21.5. The monoisotopic (exact) mass is 566 g/mol. The van der Waals surface area contributed by atoms with Crippen LogP contribution in [0.25, 0.3) is 0 Å². The number of alkyl halides is 3. The third-order valence-electron chi connectivity index (χ3n) is 5.67. The van der Waals surface area contributed by atoms with Crippen LogP contribution in [0.1, 0.15) is 34.1 Å². The first-order valence-electron chi connectivity index (χ1n) is 12.1. The van der Waals surface area contributed by atoms with Crippen molar-refractivity contribution in [1.29, 1.82) is 0 Å². The third kappa shape index (κ3) is 7.70. The molecule has 2 heterocycles. The number of carbonyl (C=O) groups is 1. The van der Waals surface area contributed by atoms with Gasteiger partial charge in [-0.15, -0.1) is 13.2 Å². The Morgan fingerprint density at radius 2 is 1.90 bits per heavy atom. The molecule has 1 aliphatic heterocycles. The fourth-order valence-electron chi connectivity index (χ4n) is 3.76. The number of carbonyl (C=O) groups excluding carboxylic acids is 1. The number of hydroxylamine groups is 1. The van der Waals surface area contributed by atoms with Gasteiger partial charge in [0.05, 0.1) is 32.9 Å². The molecule has 1 fully saturated rings. The number of benzene rings is 2. The summed E-state index contributed by atoms with van der Waals surface area (Å²) in [4.78, 5) is 27.4. The van der Waals surface area contributed by atoms with Crippen molar-refractivity contribution in [1.82, 2.24) is 15.3 Å². The van der Waals surface area contributed by atoms with E-state index in [9.17, 15) is 22.4 Å². The largest absolute Gasteiger partial charge is 0.573 e. The van der Waals surface area contributed by atoms with Gasteiger partial charge in [-0.05, 0) is 41.8 Å². The Balaban J connectivity index is 1.55. The minimum absolute atomic E-state index is 0.0798. The van der Waals surface area contributed by atoms with Gasteiger partial charge in [-0.1, -0.05) is 18.2 Å². The molecular weight excluding hydrogens is 540 g/mol. The van der Waals surface area contributed by atoms with Gasteiger partial charge in [-0.2, -0.15) is 4.98 Å². The fraction of sp³-hybridized carbons (Fsp3) is 0.346. The van der Waals surface area contributed by atoms with Crippen molar-refractivity contribution in [2.24, 2.45) is 0 Å². The molecule has 0 bridgehead atoms. The summed E-state index contributed by atoms with van der Waals surface area (Å²) in [7, 11) is 2.92. The molecule has 1 saturated heterocycles. The highest BCUT2D eigenvalue weighted by molar-refractivity contribution is 5.93.